The highest BCUT2D eigenvalue weighted by Crippen LogP contribution is 2.52. The van der Waals surface area contributed by atoms with Gasteiger partial charge in [0.2, 0.25) is 0 Å². The second kappa shape index (κ2) is 4.14. The van der Waals surface area contributed by atoms with Crippen LogP contribution in [0.5, 0.6) is 0 Å². The van der Waals surface area contributed by atoms with Crippen molar-refractivity contribution in [3.05, 3.63) is 22.9 Å². The summed E-state index contributed by atoms with van der Waals surface area (Å²) >= 11 is 0. The molecule has 1 heterocycles. The van der Waals surface area contributed by atoms with Crippen LogP contribution in [0.15, 0.2) is 6.07 Å². The first-order chi connectivity index (χ1) is 8.21. The number of nitrogens with two attached hydrogens (primary N) is 1. The van der Waals surface area contributed by atoms with Crippen LogP contribution in [0.25, 0.3) is 0 Å². The summed E-state index contributed by atoms with van der Waals surface area (Å²) in [6.07, 6.45) is -3.57. The minimum atomic E-state index is -4.36. The predicted molar refractivity (Wildman–Crippen MR) is 64.3 cm³/mol. The third-order valence-corrected chi connectivity index (χ3v) is 3.44. The van der Waals surface area contributed by atoms with Crippen LogP contribution < -0.4 is 5.73 Å². The van der Waals surface area contributed by atoms with Gasteiger partial charge < -0.3 is 5.73 Å². The molecule has 100 valence electrons. The summed E-state index contributed by atoms with van der Waals surface area (Å²) in [5, 5.41) is 0. The molecule has 1 saturated carbocycles. The van der Waals surface area contributed by atoms with Gasteiger partial charge in [0, 0.05) is 0 Å². The average Bonchev–Trinajstić information content (AvgIpc) is 2.92. The summed E-state index contributed by atoms with van der Waals surface area (Å²) in [7, 11) is 0. The third-order valence-electron chi connectivity index (χ3n) is 3.44. The maximum absolute atomic E-state index is 13.2. The van der Waals surface area contributed by atoms with E-state index in [0.717, 1.165) is 6.42 Å². The van der Waals surface area contributed by atoms with Gasteiger partial charge in [-0.05, 0) is 35.8 Å². The van der Waals surface area contributed by atoms with Gasteiger partial charge in [-0.15, -0.1) is 0 Å². The molecule has 0 saturated heterocycles. The van der Waals surface area contributed by atoms with Crippen LogP contribution in [0.3, 0.4) is 0 Å². The minimum absolute atomic E-state index is 0.0237. The second-order valence-corrected chi connectivity index (χ2v) is 5.37. The molecule has 2 unspecified atom stereocenters. The van der Waals surface area contributed by atoms with Crippen molar-refractivity contribution in [2.24, 2.45) is 5.92 Å². The standard InChI is InChI=1S/C13H17F3N2/c1-6(2)12-11(13(14,15)16)9(5-10(17)18-12)8-4-7(8)3/h5-8H,4H2,1-3H3,(H2,17,18). The van der Waals surface area contributed by atoms with Crippen molar-refractivity contribution in [2.75, 3.05) is 5.73 Å². The first-order valence-electron chi connectivity index (χ1n) is 6.09. The molecule has 0 radical (unpaired) electrons. The zero-order valence-corrected chi connectivity index (χ0v) is 10.7. The van der Waals surface area contributed by atoms with E-state index in [1.807, 2.05) is 6.92 Å². The number of rotatable bonds is 2. The second-order valence-electron chi connectivity index (χ2n) is 5.37. The van der Waals surface area contributed by atoms with Crippen LogP contribution in [0.4, 0.5) is 19.0 Å². The summed E-state index contributed by atoms with van der Waals surface area (Å²) in [4.78, 5) is 3.89. The molecule has 1 fully saturated rings. The molecule has 18 heavy (non-hydrogen) atoms. The molecule has 5 heteroatoms. The van der Waals surface area contributed by atoms with Gasteiger partial charge in [0.15, 0.2) is 0 Å². The maximum atomic E-state index is 13.2. The average molecular weight is 258 g/mol. The Morgan fingerprint density at radius 2 is 1.94 bits per heavy atom. The Kier molecular flexibility index (Phi) is 3.03. The number of nitrogen functional groups attached to an aromatic ring is 1. The molecular weight excluding hydrogens is 241 g/mol. The van der Waals surface area contributed by atoms with E-state index in [1.165, 1.54) is 6.07 Å². The van der Waals surface area contributed by atoms with Crippen LogP contribution in [0, 0.1) is 5.92 Å². The molecule has 0 spiro atoms. The minimum Gasteiger partial charge on any atom is -0.384 e. The first kappa shape index (κ1) is 13.2. The largest absolute Gasteiger partial charge is 0.418 e. The van der Waals surface area contributed by atoms with E-state index in [2.05, 4.69) is 4.98 Å². The lowest BCUT2D eigenvalue weighted by molar-refractivity contribution is -0.139. The van der Waals surface area contributed by atoms with E-state index in [1.54, 1.807) is 13.8 Å². The van der Waals surface area contributed by atoms with Gasteiger partial charge in [-0.1, -0.05) is 20.8 Å². The molecule has 0 bridgehead atoms. The molecule has 2 N–H and O–H groups in total. The molecule has 0 amide bonds. The fraction of sp³-hybridized carbons (Fsp3) is 0.615. The summed E-state index contributed by atoms with van der Waals surface area (Å²) in [6.45, 7) is 5.37. The Morgan fingerprint density at radius 1 is 1.39 bits per heavy atom. The topological polar surface area (TPSA) is 38.9 Å². The quantitative estimate of drug-likeness (QED) is 0.872. The Labute approximate surface area is 104 Å². The lowest BCUT2D eigenvalue weighted by Gasteiger charge is -2.19. The molecule has 1 aromatic rings. The molecule has 2 nitrogen and oxygen atoms in total. The van der Waals surface area contributed by atoms with Gasteiger partial charge in [-0.2, -0.15) is 13.2 Å². The van der Waals surface area contributed by atoms with E-state index < -0.39 is 11.7 Å². The molecule has 1 aliphatic carbocycles. The van der Waals surface area contributed by atoms with Gasteiger partial charge in [0.1, 0.15) is 5.82 Å². The highest BCUT2D eigenvalue weighted by molar-refractivity contribution is 5.47. The lowest BCUT2D eigenvalue weighted by atomic mass is 9.95. The fourth-order valence-electron chi connectivity index (χ4n) is 2.38. The van der Waals surface area contributed by atoms with Crippen molar-refractivity contribution in [3.8, 4) is 0 Å². The number of hydrogen-bond donors (Lipinski definition) is 1. The number of anilines is 1. The summed E-state index contributed by atoms with van der Waals surface area (Å²) in [5.41, 5.74) is 5.46. The normalized spacial score (nSPS) is 23.5. The van der Waals surface area contributed by atoms with Gasteiger partial charge in [0.05, 0.1) is 11.3 Å². The van der Waals surface area contributed by atoms with Crippen LogP contribution in [-0.2, 0) is 6.18 Å². The molecule has 1 aromatic heterocycles. The molecule has 2 rings (SSSR count). The predicted octanol–water partition coefficient (Wildman–Crippen LogP) is 3.93. The molecule has 0 aromatic carbocycles. The van der Waals surface area contributed by atoms with Crippen LogP contribution in [0.1, 0.15) is 55.8 Å². The van der Waals surface area contributed by atoms with Gasteiger partial charge >= 0.3 is 6.18 Å². The van der Waals surface area contributed by atoms with Gasteiger partial charge in [-0.3, -0.25) is 0 Å². The molecule has 2 atom stereocenters. The number of pyridine rings is 1. The summed E-state index contributed by atoms with van der Waals surface area (Å²) in [5.74, 6) is 0.163. The zero-order chi connectivity index (χ0) is 13.7. The number of nitrogens with zero attached hydrogens (tertiary/aromatic N) is 1. The Morgan fingerprint density at radius 3 is 2.33 bits per heavy atom. The van der Waals surface area contributed by atoms with E-state index >= 15 is 0 Å². The Bertz CT molecular complexity index is 466. The monoisotopic (exact) mass is 258 g/mol. The molecule has 1 aliphatic rings. The molecule has 0 aliphatic heterocycles. The van der Waals surface area contributed by atoms with Gasteiger partial charge in [-0.25, -0.2) is 4.98 Å². The zero-order valence-electron chi connectivity index (χ0n) is 10.7. The summed E-state index contributed by atoms with van der Waals surface area (Å²) < 4.78 is 39.7. The van der Waals surface area contributed by atoms with Crippen LogP contribution in [0.2, 0.25) is 0 Å². The van der Waals surface area contributed by atoms with Gasteiger partial charge in [0.25, 0.3) is 0 Å². The number of hydrogen-bond acceptors (Lipinski definition) is 2. The van der Waals surface area contributed by atoms with Crippen molar-refractivity contribution in [3.63, 3.8) is 0 Å². The van der Waals surface area contributed by atoms with Crippen LogP contribution in [-0.4, -0.2) is 4.98 Å². The smallest absolute Gasteiger partial charge is 0.384 e. The number of halogens is 3. The van der Waals surface area contributed by atoms with E-state index in [9.17, 15) is 13.2 Å². The van der Waals surface area contributed by atoms with Crippen LogP contribution >= 0.6 is 0 Å². The summed E-state index contributed by atoms with van der Waals surface area (Å²) in [6, 6.07) is 1.39. The van der Waals surface area contributed by atoms with Crippen molar-refractivity contribution in [2.45, 2.75) is 45.2 Å². The number of alkyl halides is 3. The van der Waals surface area contributed by atoms with E-state index in [0.29, 0.717) is 11.5 Å². The fourth-order valence-corrected chi connectivity index (χ4v) is 2.38. The highest BCUT2D eigenvalue weighted by Gasteiger charge is 2.44. The number of aromatic nitrogens is 1. The van der Waals surface area contributed by atoms with Crippen molar-refractivity contribution in [1.82, 2.24) is 4.98 Å². The first-order valence-corrected chi connectivity index (χ1v) is 6.09. The highest BCUT2D eigenvalue weighted by atomic mass is 19.4. The van der Waals surface area contributed by atoms with E-state index in [4.69, 9.17) is 5.73 Å². The van der Waals surface area contributed by atoms with E-state index in [-0.39, 0.29) is 23.3 Å². The maximum Gasteiger partial charge on any atom is 0.418 e. The molecular formula is C13H17F3N2. The lowest BCUT2D eigenvalue weighted by Crippen LogP contribution is -2.16. The Hall–Kier alpha value is -1.26. The Balaban J connectivity index is 2.63. The third kappa shape index (κ3) is 2.31. The van der Waals surface area contributed by atoms with Crippen molar-refractivity contribution < 1.29 is 13.2 Å². The SMILES string of the molecule is CC(C)c1nc(N)cc(C2CC2C)c1C(F)(F)F. The van der Waals surface area contributed by atoms with Crippen molar-refractivity contribution in [1.29, 1.82) is 0 Å². The van der Waals surface area contributed by atoms with Crippen molar-refractivity contribution >= 4 is 5.82 Å².